The summed E-state index contributed by atoms with van der Waals surface area (Å²) in [6, 6.07) is 16.3. The van der Waals surface area contributed by atoms with Crippen molar-refractivity contribution in [1.29, 1.82) is 5.26 Å². The van der Waals surface area contributed by atoms with Crippen molar-refractivity contribution in [3.05, 3.63) is 48.5 Å². The SMILES string of the molecule is N#CN=S(=O)(c1ccc(N2CCCC2)c(-c2cc3ccccc3[nH]2)c1)C1CC1. The van der Waals surface area contributed by atoms with Gasteiger partial charge >= 0.3 is 0 Å². The molecule has 1 aliphatic heterocycles. The normalized spacial score (nSPS) is 18.8. The zero-order valence-electron chi connectivity index (χ0n) is 15.6. The van der Waals surface area contributed by atoms with Gasteiger partial charge < -0.3 is 9.88 Å². The minimum atomic E-state index is -2.69. The van der Waals surface area contributed by atoms with Gasteiger partial charge in [-0.05, 0) is 56.0 Å². The number of fused-ring (bicyclic) bond motifs is 1. The average Bonchev–Trinajstić information content (AvgIpc) is 3.27. The van der Waals surface area contributed by atoms with Crippen molar-refractivity contribution in [2.24, 2.45) is 4.36 Å². The minimum absolute atomic E-state index is 0.000325. The summed E-state index contributed by atoms with van der Waals surface area (Å²) in [5.41, 5.74) is 4.29. The van der Waals surface area contributed by atoms with Gasteiger partial charge in [0, 0.05) is 51.1 Å². The summed E-state index contributed by atoms with van der Waals surface area (Å²) in [5.74, 6) is 0. The van der Waals surface area contributed by atoms with Crippen molar-refractivity contribution in [1.82, 2.24) is 4.98 Å². The predicted molar refractivity (Wildman–Crippen MR) is 113 cm³/mol. The smallest absolute Gasteiger partial charge is 0.214 e. The Bertz CT molecular complexity index is 1170. The van der Waals surface area contributed by atoms with Gasteiger partial charge in [0.1, 0.15) is 0 Å². The Labute approximate surface area is 165 Å². The fourth-order valence-electron chi connectivity index (χ4n) is 4.13. The summed E-state index contributed by atoms with van der Waals surface area (Å²) >= 11 is 0. The number of nitrogens with zero attached hydrogens (tertiary/aromatic N) is 3. The number of hydrogen-bond acceptors (Lipinski definition) is 4. The van der Waals surface area contributed by atoms with Gasteiger partial charge in [0.15, 0.2) is 0 Å². The van der Waals surface area contributed by atoms with E-state index in [9.17, 15) is 4.21 Å². The molecule has 142 valence electrons. The molecule has 1 saturated heterocycles. The first-order valence-corrected chi connectivity index (χ1v) is 11.4. The summed E-state index contributed by atoms with van der Waals surface area (Å²) in [6.45, 7) is 2.07. The van der Waals surface area contributed by atoms with Crippen LogP contribution in [0, 0.1) is 11.5 Å². The van der Waals surface area contributed by atoms with Crippen LogP contribution < -0.4 is 4.90 Å². The van der Waals surface area contributed by atoms with E-state index in [0.717, 1.165) is 53.8 Å². The lowest BCUT2D eigenvalue weighted by Crippen LogP contribution is -2.19. The molecule has 6 heteroatoms. The predicted octanol–water partition coefficient (Wildman–Crippen LogP) is 4.91. The first kappa shape index (κ1) is 17.3. The third-order valence-electron chi connectivity index (χ3n) is 5.73. The Hall–Kier alpha value is -2.78. The van der Waals surface area contributed by atoms with Gasteiger partial charge in [-0.15, -0.1) is 4.36 Å². The van der Waals surface area contributed by atoms with Crippen LogP contribution in [0.3, 0.4) is 0 Å². The maximum atomic E-state index is 13.5. The minimum Gasteiger partial charge on any atom is -0.371 e. The maximum absolute atomic E-state index is 13.5. The van der Waals surface area contributed by atoms with Gasteiger partial charge in [-0.25, -0.2) is 4.21 Å². The van der Waals surface area contributed by atoms with Gasteiger partial charge in [0.05, 0.1) is 9.73 Å². The van der Waals surface area contributed by atoms with Crippen LogP contribution in [-0.4, -0.2) is 27.5 Å². The molecular formula is C22H22N4OS. The summed E-state index contributed by atoms with van der Waals surface area (Å²) in [5, 5.41) is 10.3. The van der Waals surface area contributed by atoms with Crippen LogP contribution in [0.4, 0.5) is 5.69 Å². The number of nitrogens with one attached hydrogen (secondary N) is 1. The maximum Gasteiger partial charge on any atom is 0.214 e. The lowest BCUT2D eigenvalue weighted by Gasteiger charge is -2.22. The molecule has 0 amide bonds. The van der Waals surface area contributed by atoms with E-state index >= 15 is 0 Å². The van der Waals surface area contributed by atoms with E-state index in [4.69, 9.17) is 5.26 Å². The molecule has 0 spiro atoms. The highest BCUT2D eigenvalue weighted by atomic mass is 32.2. The molecule has 1 aliphatic carbocycles. The van der Waals surface area contributed by atoms with Crippen molar-refractivity contribution in [3.63, 3.8) is 0 Å². The molecule has 2 heterocycles. The number of aromatic nitrogens is 1. The third-order valence-corrected chi connectivity index (χ3v) is 8.38. The molecule has 1 N–H and O–H groups in total. The fourth-order valence-corrected chi connectivity index (χ4v) is 6.22. The Morgan fingerprint density at radius 3 is 2.61 bits per heavy atom. The van der Waals surface area contributed by atoms with E-state index in [1.165, 1.54) is 12.8 Å². The van der Waals surface area contributed by atoms with E-state index in [1.807, 2.05) is 30.5 Å². The molecule has 2 aliphatic rings. The zero-order valence-corrected chi connectivity index (χ0v) is 16.4. The number of para-hydroxylation sites is 1. The second kappa shape index (κ2) is 6.68. The molecule has 1 unspecified atom stereocenters. The fraction of sp³-hybridized carbons (Fsp3) is 0.318. The highest BCUT2D eigenvalue weighted by molar-refractivity contribution is 7.94. The van der Waals surface area contributed by atoms with Gasteiger partial charge in [-0.1, -0.05) is 18.2 Å². The van der Waals surface area contributed by atoms with E-state index in [1.54, 1.807) is 0 Å². The monoisotopic (exact) mass is 390 g/mol. The van der Waals surface area contributed by atoms with Gasteiger partial charge in [-0.3, -0.25) is 0 Å². The molecule has 1 saturated carbocycles. The Morgan fingerprint density at radius 1 is 1.11 bits per heavy atom. The molecule has 2 aromatic carbocycles. The molecule has 1 aromatic heterocycles. The van der Waals surface area contributed by atoms with E-state index in [-0.39, 0.29) is 5.25 Å². The summed E-state index contributed by atoms with van der Waals surface area (Å²) in [4.78, 5) is 6.58. The number of anilines is 1. The third kappa shape index (κ3) is 2.87. The largest absolute Gasteiger partial charge is 0.371 e. The standard InChI is InChI=1S/C22H22N4OS/c23-15-24-28(27,17-7-8-17)18-9-10-22(26-11-3-4-12-26)19(14-18)21-13-16-5-1-2-6-20(16)25-21/h1-2,5-6,9-10,13-14,17,25H,3-4,7-8,11-12H2. The number of H-pyrrole nitrogens is 1. The van der Waals surface area contributed by atoms with E-state index in [2.05, 4.69) is 38.5 Å². The lowest BCUT2D eigenvalue weighted by molar-refractivity contribution is 0.676. The number of benzene rings is 2. The Morgan fingerprint density at radius 2 is 1.89 bits per heavy atom. The molecule has 5 rings (SSSR count). The Balaban J connectivity index is 1.71. The van der Waals surface area contributed by atoms with E-state index in [0.29, 0.717) is 4.90 Å². The number of rotatable bonds is 4. The quantitative estimate of drug-likeness (QED) is 0.644. The summed E-state index contributed by atoms with van der Waals surface area (Å²) in [7, 11) is -2.69. The van der Waals surface area contributed by atoms with Crippen LogP contribution in [0.2, 0.25) is 0 Å². The molecule has 5 nitrogen and oxygen atoms in total. The number of nitriles is 1. The van der Waals surface area contributed by atoms with Gasteiger partial charge in [0.25, 0.3) is 0 Å². The zero-order chi connectivity index (χ0) is 19.1. The molecule has 3 aromatic rings. The lowest BCUT2D eigenvalue weighted by atomic mass is 10.1. The first-order chi connectivity index (χ1) is 13.7. The molecule has 1 atom stereocenters. The van der Waals surface area contributed by atoms with Crippen molar-refractivity contribution < 1.29 is 4.21 Å². The molecule has 2 fully saturated rings. The molecule has 0 radical (unpaired) electrons. The van der Waals surface area contributed by atoms with Crippen LogP contribution >= 0.6 is 0 Å². The topological polar surface area (TPSA) is 72.2 Å². The van der Waals surface area contributed by atoms with Crippen LogP contribution in [0.5, 0.6) is 0 Å². The molecule has 28 heavy (non-hydrogen) atoms. The van der Waals surface area contributed by atoms with Crippen LogP contribution in [-0.2, 0) is 9.73 Å². The number of hydrogen-bond donors (Lipinski definition) is 1. The van der Waals surface area contributed by atoms with E-state index < -0.39 is 9.73 Å². The molecular weight excluding hydrogens is 368 g/mol. The second-order valence-electron chi connectivity index (χ2n) is 7.60. The highest BCUT2D eigenvalue weighted by Crippen LogP contribution is 2.40. The average molecular weight is 391 g/mol. The van der Waals surface area contributed by atoms with Crippen LogP contribution in [0.15, 0.2) is 57.8 Å². The summed E-state index contributed by atoms with van der Waals surface area (Å²) < 4.78 is 17.4. The highest BCUT2D eigenvalue weighted by Gasteiger charge is 2.36. The molecule has 0 bridgehead atoms. The van der Waals surface area contributed by atoms with Crippen molar-refractivity contribution in [2.45, 2.75) is 35.8 Å². The first-order valence-electron chi connectivity index (χ1n) is 9.80. The van der Waals surface area contributed by atoms with Crippen molar-refractivity contribution in [2.75, 3.05) is 18.0 Å². The van der Waals surface area contributed by atoms with Crippen molar-refractivity contribution in [3.8, 4) is 17.5 Å². The number of aromatic amines is 1. The second-order valence-corrected chi connectivity index (χ2v) is 10.1. The van der Waals surface area contributed by atoms with Crippen LogP contribution in [0.25, 0.3) is 22.2 Å². The summed E-state index contributed by atoms with van der Waals surface area (Å²) in [6.07, 6.45) is 5.94. The van der Waals surface area contributed by atoms with Crippen molar-refractivity contribution >= 4 is 26.3 Å². The van der Waals surface area contributed by atoms with Gasteiger partial charge in [0.2, 0.25) is 6.19 Å². The Kier molecular flexibility index (Phi) is 4.13. The van der Waals surface area contributed by atoms with Gasteiger partial charge in [-0.2, -0.15) is 5.26 Å². The van der Waals surface area contributed by atoms with Crippen LogP contribution in [0.1, 0.15) is 25.7 Å².